The molecule has 0 saturated carbocycles. The van der Waals surface area contributed by atoms with E-state index < -0.39 is 11.5 Å². The summed E-state index contributed by atoms with van der Waals surface area (Å²) >= 11 is 0. The molecular formula is C11H13NO2. The SMILES string of the molecule is C[C@](N)(/C=C\c1ccccc1)C(=O)O. The van der Waals surface area contributed by atoms with E-state index in [1.165, 1.54) is 13.0 Å². The zero-order valence-corrected chi connectivity index (χ0v) is 7.97. The Morgan fingerprint density at radius 3 is 2.50 bits per heavy atom. The Hall–Kier alpha value is -1.61. The van der Waals surface area contributed by atoms with Gasteiger partial charge >= 0.3 is 5.97 Å². The molecule has 3 heteroatoms. The number of benzene rings is 1. The van der Waals surface area contributed by atoms with E-state index in [0.29, 0.717) is 0 Å². The first-order chi connectivity index (χ1) is 6.52. The first-order valence-electron chi connectivity index (χ1n) is 4.29. The van der Waals surface area contributed by atoms with E-state index in [9.17, 15) is 4.79 Å². The van der Waals surface area contributed by atoms with Crippen molar-refractivity contribution in [1.82, 2.24) is 0 Å². The first kappa shape index (κ1) is 10.5. The molecule has 0 heterocycles. The summed E-state index contributed by atoms with van der Waals surface area (Å²) in [5, 5.41) is 8.74. The lowest BCUT2D eigenvalue weighted by molar-refractivity contribution is -0.140. The number of carbonyl (C=O) groups is 1. The molecule has 3 nitrogen and oxygen atoms in total. The van der Waals surface area contributed by atoms with Gasteiger partial charge in [-0.15, -0.1) is 0 Å². The third-order valence-corrected chi connectivity index (χ3v) is 1.88. The summed E-state index contributed by atoms with van der Waals surface area (Å²) in [6.07, 6.45) is 3.18. The summed E-state index contributed by atoms with van der Waals surface area (Å²) in [6, 6.07) is 9.43. The molecule has 0 bridgehead atoms. The summed E-state index contributed by atoms with van der Waals surface area (Å²) in [5.41, 5.74) is 5.15. The van der Waals surface area contributed by atoms with Crippen molar-refractivity contribution in [3.05, 3.63) is 42.0 Å². The van der Waals surface area contributed by atoms with E-state index in [4.69, 9.17) is 10.8 Å². The number of carboxylic acid groups (broad SMARTS) is 1. The number of hydrogen-bond acceptors (Lipinski definition) is 2. The zero-order valence-electron chi connectivity index (χ0n) is 7.97. The van der Waals surface area contributed by atoms with Crippen LogP contribution in [0.2, 0.25) is 0 Å². The summed E-state index contributed by atoms with van der Waals surface area (Å²) in [6.45, 7) is 1.45. The Balaban J connectivity index is 2.79. The fourth-order valence-corrected chi connectivity index (χ4v) is 0.905. The molecule has 0 spiro atoms. The predicted octanol–water partition coefficient (Wildman–Crippen LogP) is 1.50. The number of hydrogen-bond donors (Lipinski definition) is 2. The summed E-state index contributed by atoms with van der Waals surface area (Å²) in [7, 11) is 0. The third-order valence-electron chi connectivity index (χ3n) is 1.88. The number of nitrogens with two attached hydrogens (primary N) is 1. The van der Waals surface area contributed by atoms with Crippen LogP contribution < -0.4 is 5.73 Å². The topological polar surface area (TPSA) is 63.3 Å². The van der Waals surface area contributed by atoms with E-state index in [0.717, 1.165) is 5.56 Å². The number of carboxylic acids is 1. The molecule has 0 aromatic heterocycles. The maximum atomic E-state index is 10.7. The molecule has 0 radical (unpaired) electrons. The Morgan fingerprint density at radius 2 is 2.00 bits per heavy atom. The van der Waals surface area contributed by atoms with Gasteiger partial charge in [-0.25, -0.2) is 4.79 Å². The lowest BCUT2D eigenvalue weighted by Gasteiger charge is -2.12. The van der Waals surface area contributed by atoms with E-state index in [2.05, 4.69) is 0 Å². The normalized spacial score (nSPS) is 15.3. The van der Waals surface area contributed by atoms with Crippen LogP contribution in [0.25, 0.3) is 6.08 Å². The Kier molecular flexibility index (Phi) is 3.04. The number of rotatable bonds is 3. The Morgan fingerprint density at radius 1 is 1.43 bits per heavy atom. The van der Waals surface area contributed by atoms with Crippen LogP contribution in [0.3, 0.4) is 0 Å². The van der Waals surface area contributed by atoms with Crippen molar-refractivity contribution < 1.29 is 9.90 Å². The fraction of sp³-hybridized carbons (Fsp3) is 0.182. The maximum Gasteiger partial charge on any atom is 0.327 e. The molecule has 0 aliphatic rings. The molecule has 0 fully saturated rings. The molecule has 1 atom stereocenters. The van der Waals surface area contributed by atoms with Crippen LogP contribution in [0.5, 0.6) is 0 Å². The van der Waals surface area contributed by atoms with Gasteiger partial charge in [0.15, 0.2) is 0 Å². The average molecular weight is 191 g/mol. The highest BCUT2D eigenvalue weighted by molar-refractivity contribution is 5.82. The lowest BCUT2D eigenvalue weighted by Crippen LogP contribution is -2.42. The van der Waals surface area contributed by atoms with E-state index in [1.807, 2.05) is 30.3 Å². The molecule has 0 amide bonds. The van der Waals surface area contributed by atoms with E-state index in [-0.39, 0.29) is 0 Å². The van der Waals surface area contributed by atoms with E-state index in [1.54, 1.807) is 6.08 Å². The zero-order chi connectivity index (χ0) is 10.6. The second kappa shape index (κ2) is 4.07. The molecule has 14 heavy (non-hydrogen) atoms. The summed E-state index contributed by atoms with van der Waals surface area (Å²) in [4.78, 5) is 10.7. The van der Waals surface area contributed by atoms with Crippen LogP contribution >= 0.6 is 0 Å². The molecule has 0 saturated heterocycles. The second-order valence-corrected chi connectivity index (χ2v) is 3.33. The molecule has 0 aliphatic carbocycles. The number of aliphatic carboxylic acids is 1. The molecular weight excluding hydrogens is 178 g/mol. The molecule has 1 aromatic rings. The van der Waals surface area contributed by atoms with Crippen molar-refractivity contribution in [2.75, 3.05) is 0 Å². The van der Waals surface area contributed by atoms with Crippen LogP contribution in [0.15, 0.2) is 36.4 Å². The van der Waals surface area contributed by atoms with Gasteiger partial charge in [0.2, 0.25) is 0 Å². The van der Waals surface area contributed by atoms with Gasteiger partial charge < -0.3 is 10.8 Å². The highest BCUT2D eigenvalue weighted by Gasteiger charge is 2.23. The largest absolute Gasteiger partial charge is 0.480 e. The van der Waals surface area contributed by atoms with Crippen LogP contribution in [0, 0.1) is 0 Å². The minimum absolute atomic E-state index is 0.936. The highest BCUT2D eigenvalue weighted by Crippen LogP contribution is 2.07. The van der Waals surface area contributed by atoms with Crippen LogP contribution in [-0.2, 0) is 4.79 Å². The Bertz CT molecular complexity index is 342. The summed E-state index contributed by atoms with van der Waals surface area (Å²) < 4.78 is 0. The van der Waals surface area contributed by atoms with Crippen LogP contribution in [0.1, 0.15) is 12.5 Å². The van der Waals surface area contributed by atoms with Crippen LogP contribution in [0.4, 0.5) is 0 Å². The van der Waals surface area contributed by atoms with Crippen LogP contribution in [-0.4, -0.2) is 16.6 Å². The second-order valence-electron chi connectivity index (χ2n) is 3.33. The van der Waals surface area contributed by atoms with Crippen molar-refractivity contribution in [3.63, 3.8) is 0 Å². The Labute approximate surface area is 82.9 Å². The van der Waals surface area contributed by atoms with Crippen molar-refractivity contribution in [2.45, 2.75) is 12.5 Å². The van der Waals surface area contributed by atoms with Crippen molar-refractivity contribution >= 4 is 12.0 Å². The smallest absolute Gasteiger partial charge is 0.327 e. The minimum Gasteiger partial charge on any atom is -0.480 e. The van der Waals surface area contributed by atoms with Gasteiger partial charge in [0, 0.05) is 0 Å². The lowest BCUT2D eigenvalue weighted by atomic mass is 10.0. The van der Waals surface area contributed by atoms with Gasteiger partial charge in [-0.2, -0.15) is 0 Å². The summed E-state index contributed by atoms with van der Waals surface area (Å²) in [5.74, 6) is -1.04. The van der Waals surface area contributed by atoms with Gasteiger partial charge in [0.25, 0.3) is 0 Å². The van der Waals surface area contributed by atoms with Gasteiger partial charge in [0.1, 0.15) is 5.54 Å². The molecule has 3 N–H and O–H groups in total. The third kappa shape index (κ3) is 2.71. The van der Waals surface area contributed by atoms with Gasteiger partial charge in [-0.3, -0.25) is 0 Å². The average Bonchev–Trinajstić information content (AvgIpc) is 2.16. The van der Waals surface area contributed by atoms with Gasteiger partial charge in [-0.1, -0.05) is 42.5 Å². The van der Waals surface area contributed by atoms with Crippen molar-refractivity contribution in [3.8, 4) is 0 Å². The quantitative estimate of drug-likeness (QED) is 0.761. The monoisotopic (exact) mass is 191 g/mol. The van der Waals surface area contributed by atoms with Crippen molar-refractivity contribution in [1.29, 1.82) is 0 Å². The fourth-order valence-electron chi connectivity index (χ4n) is 0.905. The molecule has 0 unspecified atom stereocenters. The molecule has 1 aromatic carbocycles. The van der Waals surface area contributed by atoms with Gasteiger partial charge in [-0.05, 0) is 12.5 Å². The first-order valence-corrected chi connectivity index (χ1v) is 4.29. The molecule has 0 aliphatic heterocycles. The molecule has 1 rings (SSSR count). The highest BCUT2D eigenvalue weighted by atomic mass is 16.4. The van der Waals surface area contributed by atoms with E-state index >= 15 is 0 Å². The minimum atomic E-state index is -1.31. The molecule has 74 valence electrons. The predicted molar refractivity (Wildman–Crippen MR) is 55.7 cm³/mol. The van der Waals surface area contributed by atoms with Crippen molar-refractivity contribution in [2.24, 2.45) is 5.73 Å². The standard InChI is InChI=1S/C11H13NO2/c1-11(12,10(13)14)8-7-9-5-3-2-4-6-9/h2-8H,12H2,1H3,(H,13,14)/b8-7-/t11-/m0/s1. The van der Waals surface area contributed by atoms with Gasteiger partial charge in [0.05, 0.1) is 0 Å². The maximum absolute atomic E-state index is 10.7.